The van der Waals surface area contributed by atoms with Gasteiger partial charge in [-0.1, -0.05) is 0 Å². The fraction of sp³-hybridized carbons (Fsp3) is 0.900. The van der Waals surface area contributed by atoms with Crippen LogP contribution in [0.3, 0.4) is 0 Å². The molecular formula is C10H20N2O2. The highest BCUT2D eigenvalue weighted by Gasteiger charge is 2.25. The van der Waals surface area contributed by atoms with Crippen molar-refractivity contribution in [3.8, 4) is 0 Å². The molecule has 1 unspecified atom stereocenters. The number of nitrogens with one attached hydrogen (secondary N) is 1. The van der Waals surface area contributed by atoms with Gasteiger partial charge in [-0.05, 0) is 33.4 Å². The minimum Gasteiger partial charge on any atom is -0.465 e. The van der Waals surface area contributed by atoms with Gasteiger partial charge in [0, 0.05) is 12.6 Å². The first kappa shape index (κ1) is 11.5. The van der Waals surface area contributed by atoms with Crippen molar-refractivity contribution in [3.63, 3.8) is 0 Å². The molecule has 0 bridgehead atoms. The van der Waals surface area contributed by atoms with Crippen molar-refractivity contribution >= 4 is 5.97 Å². The van der Waals surface area contributed by atoms with Gasteiger partial charge >= 0.3 is 5.97 Å². The van der Waals surface area contributed by atoms with Gasteiger partial charge in [0.15, 0.2) is 0 Å². The highest BCUT2D eigenvalue weighted by molar-refractivity contribution is 5.71. The average molecular weight is 200 g/mol. The van der Waals surface area contributed by atoms with E-state index in [0.29, 0.717) is 19.2 Å². The zero-order chi connectivity index (χ0) is 10.4. The summed E-state index contributed by atoms with van der Waals surface area (Å²) in [5.74, 6) is -0.101. The molecule has 1 heterocycles. The van der Waals surface area contributed by atoms with E-state index in [1.165, 1.54) is 12.8 Å². The maximum atomic E-state index is 11.3. The SMILES string of the molecule is CCOC(=O)CN1CCCC1CNC. The van der Waals surface area contributed by atoms with Crippen molar-refractivity contribution in [2.45, 2.75) is 25.8 Å². The molecule has 0 amide bonds. The van der Waals surface area contributed by atoms with Gasteiger partial charge in [0.1, 0.15) is 0 Å². The number of carbonyl (C=O) groups is 1. The van der Waals surface area contributed by atoms with Crippen molar-refractivity contribution in [3.05, 3.63) is 0 Å². The minimum atomic E-state index is -0.101. The largest absolute Gasteiger partial charge is 0.465 e. The Labute approximate surface area is 85.6 Å². The maximum absolute atomic E-state index is 11.3. The Bertz CT molecular complexity index is 185. The Balaban J connectivity index is 2.31. The summed E-state index contributed by atoms with van der Waals surface area (Å²) in [6, 6.07) is 0.504. The molecule has 1 fully saturated rings. The Morgan fingerprint density at radius 1 is 1.64 bits per heavy atom. The molecule has 1 aliphatic rings. The Kier molecular flexibility index (Phi) is 4.90. The van der Waals surface area contributed by atoms with Crippen molar-refractivity contribution in [1.29, 1.82) is 0 Å². The van der Waals surface area contributed by atoms with Crippen LogP contribution in [0.25, 0.3) is 0 Å². The van der Waals surface area contributed by atoms with E-state index in [2.05, 4.69) is 10.2 Å². The van der Waals surface area contributed by atoms with Gasteiger partial charge in [-0.2, -0.15) is 0 Å². The van der Waals surface area contributed by atoms with E-state index < -0.39 is 0 Å². The van der Waals surface area contributed by atoms with E-state index in [0.717, 1.165) is 13.1 Å². The summed E-state index contributed by atoms with van der Waals surface area (Å²) in [4.78, 5) is 13.5. The molecule has 1 rings (SSSR count). The Hall–Kier alpha value is -0.610. The van der Waals surface area contributed by atoms with Crippen LogP contribution in [0.1, 0.15) is 19.8 Å². The number of ether oxygens (including phenoxy) is 1. The Morgan fingerprint density at radius 2 is 2.43 bits per heavy atom. The molecule has 1 N–H and O–H groups in total. The topological polar surface area (TPSA) is 41.6 Å². The molecule has 1 saturated heterocycles. The number of hydrogen-bond acceptors (Lipinski definition) is 4. The molecule has 14 heavy (non-hydrogen) atoms. The number of nitrogens with zero attached hydrogens (tertiary/aromatic N) is 1. The normalized spacial score (nSPS) is 22.6. The second kappa shape index (κ2) is 5.98. The third kappa shape index (κ3) is 3.27. The first-order valence-electron chi connectivity index (χ1n) is 5.32. The molecule has 4 nitrogen and oxygen atoms in total. The fourth-order valence-corrected chi connectivity index (χ4v) is 1.94. The first-order chi connectivity index (χ1) is 6.77. The predicted octanol–water partition coefficient (Wildman–Crippen LogP) is 0.233. The van der Waals surface area contributed by atoms with E-state index in [-0.39, 0.29) is 5.97 Å². The van der Waals surface area contributed by atoms with Gasteiger partial charge in [-0.15, -0.1) is 0 Å². The highest BCUT2D eigenvalue weighted by atomic mass is 16.5. The van der Waals surface area contributed by atoms with Crippen LogP contribution in [0.5, 0.6) is 0 Å². The van der Waals surface area contributed by atoms with Crippen molar-refractivity contribution in [2.75, 3.05) is 33.3 Å². The van der Waals surface area contributed by atoms with E-state index >= 15 is 0 Å². The van der Waals surface area contributed by atoms with Gasteiger partial charge in [0.2, 0.25) is 0 Å². The quantitative estimate of drug-likeness (QED) is 0.645. The Morgan fingerprint density at radius 3 is 3.07 bits per heavy atom. The van der Waals surface area contributed by atoms with Crippen molar-refractivity contribution < 1.29 is 9.53 Å². The lowest BCUT2D eigenvalue weighted by Gasteiger charge is -2.22. The molecule has 0 aromatic heterocycles. The van der Waals surface area contributed by atoms with Crippen LogP contribution in [0.2, 0.25) is 0 Å². The zero-order valence-corrected chi connectivity index (χ0v) is 9.08. The average Bonchev–Trinajstić information content (AvgIpc) is 2.54. The fourth-order valence-electron chi connectivity index (χ4n) is 1.94. The van der Waals surface area contributed by atoms with Crippen LogP contribution in [0.15, 0.2) is 0 Å². The smallest absolute Gasteiger partial charge is 0.320 e. The van der Waals surface area contributed by atoms with Crippen LogP contribution >= 0.6 is 0 Å². The van der Waals surface area contributed by atoms with Gasteiger partial charge in [0.05, 0.1) is 13.2 Å². The summed E-state index contributed by atoms with van der Waals surface area (Å²) >= 11 is 0. The zero-order valence-electron chi connectivity index (χ0n) is 9.08. The molecule has 82 valence electrons. The van der Waals surface area contributed by atoms with Crippen LogP contribution < -0.4 is 5.32 Å². The number of carbonyl (C=O) groups excluding carboxylic acids is 1. The van der Waals surface area contributed by atoms with Crippen LogP contribution in [0.4, 0.5) is 0 Å². The minimum absolute atomic E-state index is 0.101. The number of rotatable bonds is 5. The van der Waals surface area contributed by atoms with Crippen LogP contribution in [-0.4, -0.2) is 50.2 Å². The van der Waals surface area contributed by atoms with Crippen LogP contribution in [0, 0.1) is 0 Å². The third-order valence-corrected chi connectivity index (χ3v) is 2.58. The lowest BCUT2D eigenvalue weighted by Crippen LogP contribution is -2.40. The molecule has 1 atom stereocenters. The predicted molar refractivity (Wildman–Crippen MR) is 55.2 cm³/mol. The summed E-state index contributed by atoms with van der Waals surface area (Å²) in [6.45, 7) is 4.74. The van der Waals surface area contributed by atoms with Crippen LogP contribution in [-0.2, 0) is 9.53 Å². The number of hydrogen-bond donors (Lipinski definition) is 1. The molecule has 4 heteroatoms. The number of likely N-dealkylation sites (N-methyl/N-ethyl adjacent to an activating group) is 1. The van der Waals surface area contributed by atoms with Gasteiger partial charge in [0.25, 0.3) is 0 Å². The molecule has 0 radical (unpaired) electrons. The summed E-state index contributed by atoms with van der Waals surface area (Å²) in [5.41, 5.74) is 0. The maximum Gasteiger partial charge on any atom is 0.320 e. The van der Waals surface area contributed by atoms with E-state index in [9.17, 15) is 4.79 Å². The molecule has 1 aliphatic heterocycles. The standard InChI is InChI=1S/C10H20N2O2/c1-3-14-10(13)8-12-6-4-5-9(12)7-11-2/h9,11H,3-8H2,1-2H3. The number of likely N-dealkylation sites (tertiary alicyclic amines) is 1. The molecule has 0 aromatic rings. The molecular weight excluding hydrogens is 180 g/mol. The van der Waals surface area contributed by atoms with E-state index in [4.69, 9.17) is 4.74 Å². The second-order valence-electron chi connectivity index (χ2n) is 3.63. The monoisotopic (exact) mass is 200 g/mol. The molecule has 0 spiro atoms. The summed E-state index contributed by atoms with van der Waals surface area (Å²) in [7, 11) is 1.95. The summed E-state index contributed by atoms with van der Waals surface area (Å²) in [6.07, 6.45) is 2.37. The van der Waals surface area contributed by atoms with Gasteiger partial charge in [-0.25, -0.2) is 0 Å². The number of esters is 1. The van der Waals surface area contributed by atoms with Crippen molar-refractivity contribution in [1.82, 2.24) is 10.2 Å². The van der Waals surface area contributed by atoms with E-state index in [1.54, 1.807) is 0 Å². The van der Waals surface area contributed by atoms with Gasteiger partial charge < -0.3 is 10.1 Å². The van der Waals surface area contributed by atoms with Crippen molar-refractivity contribution in [2.24, 2.45) is 0 Å². The summed E-state index contributed by atoms with van der Waals surface area (Å²) in [5, 5.41) is 3.15. The lowest BCUT2D eigenvalue weighted by molar-refractivity contribution is -0.144. The second-order valence-corrected chi connectivity index (χ2v) is 3.63. The third-order valence-electron chi connectivity index (χ3n) is 2.58. The van der Waals surface area contributed by atoms with E-state index in [1.807, 2.05) is 14.0 Å². The molecule has 0 aliphatic carbocycles. The van der Waals surface area contributed by atoms with Gasteiger partial charge in [-0.3, -0.25) is 9.69 Å². The molecule has 0 saturated carbocycles. The summed E-state index contributed by atoms with van der Waals surface area (Å²) < 4.78 is 4.93. The molecule has 0 aromatic carbocycles. The first-order valence-corrected chi connectivity index (χ1v) is 5.32. The highest BCUT2D eigenvalue weighted by Crippen LogP contribution is 2.15. The lowest BCUT2D eigenvalue weighted by atomic mass is 10.2.